The van der Waals surface area contributed by atoms with E-state index < -0.39 is 12.0 Å². The number of ether oxygens (including phenoxy) is 1. The fraction of sp³-hybridized carbons (Fsp3) is 0.400. The summed E-state index contributed by atoms with van der Waals surface area (Å²) in [6.07, 6.45) is 1.24. The van der Waals surface area contributed by atoms with Gasteiger partial charge in [0.1, 0.15) is 24.2 Å². The topological polar surface area (TPSA) is 59.8 Å². The van der Waals surface area contributed by atoms with Gasteiger partial charge in [-0.15, -0.1) is 0 Å². The molecule has 0 bridgehead atoms. The van der Waals surface area contributed by atoms with Crippen LogP contribution in [0.5, 0.6) is 0 Å². The summed E-state index contributed by atoms with van der Waals surface area (Å²) in [4.78, 5) is 26.9. The van der Waals surface area contributed by atoms with Crippen molar-refractivity contribution in [2.45, 2.75) is 38.6 Å². The van der Waals surface area contributed by atoms with Crippen LogP contribution in [0, 0.1) is 12.8 Å². The number of hydrogen-bond acceptors (Lipinski definition) is 4. The first-order valence-corrected chi connectivity index (χ1v) is 8.70. The van der Waals surface area contributed by atoms with Gasteiger partial charge in [0.15, 0.2) is 0 Å². The number of aryl methyl sites for hydroxylation is 2. The molecule has 0 unspecified atom stereocenters. The standard InChI is InChI=1S/C20H21NO4/c1-12-8-9-15-10-13(2)25-18(15)17(12)19(22)21-16(11-24-20(21)23)14-6-4-3-5-7-14/h3-7,10,12,16-17H,8-9,11H2,1-2H3/t12-,16+,17+/m0/s1. The van der Waals surface area contributed by atoms with E-state index >= 15 is 0 Å². The summed E-state index contributed by atoms with van der Waals surface area (Å²) >= 11 is 0. The molecule has 0 N–H and O–H groups in total. The first kappa shape index (κ1) is 15.9. The van der Waals surface area contributed by atoms with Gasteiger partial charge in [-0.3, -0.25) is 4.79 Å². The lowest BCUT2D eigenvalue weighted by Crippen LogP contribution is -2.40. The molecule has 1 aliphatic carbocycles. The molecular formula is C20H21NO4. The monoisotopic (exact) mass is 339 g/mol. The second-order valence-corrected chi connectivity index (χ2v) is 6.95. The van der Waals surface area contributed by atoms with Crippen LogP contribution in [-0.4, -0.2) is 23.5 Å². The number of carbonyl (C=O) groups excluding carboxylic acids is 2. The number of hydrogen-bond donors (Lipinski definition) is 0. The van der Waals surface area contributed by atoms with Crippen molar-refractivity contribution in [2.75, 3.05) is 6.61 Å². The number of furan rings is 1. The lowest BCUT2D eigenvalue weighted by molar-refractivity contribution is -0.132. The van der Waals surface area contributed by atoms with Crippen LogP contribution < -0.4 is 0 Å². The number of nitrogens with zero attached hydrogens (tertiary/aromatic N) is 1. The maximum atomic E-state index is 13.3. The summed E-state index contributed by atoms with van der Waals surface area (Å²) in [5, 5.41) is 0. The van der Waals surface area contributed by atoms with Crippen LogP contribution in [0.1, 0.15) is 48.0 Å². The van der Waals surface area contributed by atoms with Crippen molar-refractivity contribution < 1.29 is 18.7 Å². The van der Waals surface area contributed by atoms with Crippen molar-refractivity contribution in [3.8, 4) is 0 Å². The zero-order chi connectivity index (χ0) is 17.6. The molecule has 1 aromatic heterocycles. The van der Waals surface area contributed by atoms with Crippen LogP contribution in [0.15, 0.2) is 40.8 Å². The molecule has 5 heteroatoms. The minimum absolute atomic E-state index is 0.121. The zero-order valence-corrected chi connectivity index (χ0v) is 14.4. The van der Waals surface area contributed by atoms with Gasteiger partial charge in [-0.1, -0.05) is 37.3 Å². The number of rotatable bonds is 2. The van der Waals surface area contributed by atoms with Crippen molar-refractivity contribution in [1.82, 2.24) is 4.90 Å². The maximum absolute atomic E-state index is 13.3. The van der Waals surface area contributed by atoms with Crippen molar-refractivity contribution >= 4 is 12.0 Å². The lowest BCUT2D eigenvalue weighted by Gasteiger charge is -2.30. The second-order valence-electron chi connectivity index (χ2n) is 6.95. The van der Waals surface area contributed by atoms with Crippen LogP contribution in [0.4, 0.5) is 4.79 Å². The smallest absolute Gasteiger partial charge is 0.417 e. The summed E-state index contributed by atoms with van der Waals surface area (Å²) < 4.78 is 11.1. The summed E-state index contributed by atoms with van der Waals surface area (Å²) in [7, 11) is 0. The molecule has 1 aliphatic heterocycles. The molecule has 130 valence electrons. The summed E-state index contributed by atoms with van der Waals surface area (Å²) in [5.74, 6) is 0.983. The Morgan fingerprint density at radius 1 is 1.24 bits per heavy atom. The first-order valence-electron chi connectivity index (χ1n) is 8.70. The Morgan fingerprint density at radius 3 is 2.76 bits per heavy atom. The molecular weight excluding hydrogens is 318 g/mol. The third kappa shape index (κ3) is 2.64. The van der Waals surface area contributed by atoms with Crippen LogP contribution in [0.25, 0.3) is 0 Å². The van der Waals surface area contributed by atoms with Crippen LogP contribution in [0.2, 0.25) is 0 Å². The van der Waals surface area contributed by atoms with E-state index in [1.165, 1.54) is 4.90 Å². The largest absolute Gasteiger partial charge is 0.465 e. The molecule has 0 radical (unpaired) electrons. The van der Waals surface area contributed by atoms with Crippen LogP contribution in [-0.2, 0) is 16.0 Å². The predicted molar refractivity (Wildman–Crippen MR) is 91.0 cm³/mol. The molecule has 25 heavy (non-hydrogen) atoms. The van der Waals surface area contributed by atoms with E-state index in [2.05, 4.69) is 0 Å². The predicted octanol–water partition coefficient (Wildman–Crippen LogP) is 3.97. The molecule has 2 aromatic rings. The zero-order valence-electron chi connectivity index (χ0n) is 14.4. The van der Waals surface area contributed by atoms with E-state index in [0.717, 1.165) is 29.7 Å². The number of fused-ring (bicyclic) bond motifs is 1. The summed E-state index contributed by atoms with van der Waals surface area (Å²) in [6, 6.07) is 11.2. The summed E-state index contributed by atoms with van der Waals surface area (Å²) in [5.41, 5.74) is 1.98. The summed E-state index contributed by atoms with van der Waals surface area (Å²) in [6.45, 7) is 4.13. The quantitative estimate of drug-likeness (QED) is 0.830. The minimum Gasteiger partial charge on any atom is -0.465 e. The fourth-order valence-corrected chi connectivity index (χ4v) is 3.94. The average molecular weight is 339 g/mol. The Balaban J connectivity index is 1.70. The highest BCUT2D eigenvalue weighted by Gasteiger charge is 2.46. The highest BCUT2D eigenvalue weighted by atomic mass is 16.6. The number of imide groups is 1. The molecule has 2 amide bonds. The minimum atomic E-state index is -0.568. The molecule has 0 saturated carbocycles. The van der Waals surface area contributed by atoms with Gasteiger partial charge in [-0.25, -0.2) is 9.69 Å². The molecule has 1 aromatic carbocycles. The molecule has 2 aliphatic rings. The van der Waals surface area contributed by atoms with Crippen LogP contribution in [0.3, 0.4) is 0 Å². The van der Waals surface area contributed by atoms with Crippen molar-refractivity contribution in [1.29, 1.82) is 0 Å². The van der Waals surface area contributed by atoms with Gasteiger partial charge in [-0.05, 0) is 42.9 Å². The van der Waals surface area contributed by atoms with Crippen molar-refractivity contribution in [3.05, 3.63) is 59.0 Å². The molecule has 0 spiro atoms. The number of cyclic esters (lactones) is 1. The Hall–Kier alpha value is -2.56. The Morgan fingerprint density at radius 2 is 2.00 bits per heavy atom. The van der Waals surface area contributed by atoms with Gasteiger partial charge >= 0.3 is 6.09 Å². The fourth-order valence-electron chi connectivity index (χ4n) is 3.94. The van der Waals surface area contributed by atoms with Gasteiger partial charge in [0.2, 0.25) is 5.91 Å². The van der Waals surface area contributed by atoms with Gasteiger partial charge in [0, 0.05) is 0 Å². The van der Waals surface area contributed by atoms with E-state index in [4.69, 9.17) is 9.15 Å². The van der Waals surface area contributed by atoms with E-state index in [9.17, 15) is 9.59 Å². The van der Waals surface area contributed by atoms with Crippen molar-refractivity contribution in [2.24, 2.45) is 5.92 Å². The molecule has 1 fully saturated rings. The highest BCUT2D eigenvalue weighted by Crippen LogP contribution is 2.41. The number of amides is 2. The molecule has 5 nitrogen and oxygen atoms in total. The highest BCUT2D eigenvalue weighted by molar-refractivity contribution is 5.97. The van der Waals surface area contributed by atoms with E-state index in [-0.39, 0.29) is 24.5 Å². The van der Waals surface area contributed by atoms with Crippen molar-refractivity contribution in [3.63, 3.8) is 0 Å². The Labute approximate surface area is 146 Å². The van der Waals surface area contributed by atoms with E-state index in [1.54, 1.807) is 0 Å². The maximum Gasteiger partial charge on any atom is 0.417 e. The Bertz CT molecular complexity index is 810. The first-order chi connectivity index (χ1) is 12.1. The normalized spacial score (nSPS) is 25.6. The second kappa shape index (κ2) is 6.06. The van der Waals surface area contributed by atoms with Gasteiger partial charge in [0.25, 0.3) is 0 Å². The average Bonchev–Trinajstić information content (AvgIpc) is 3.17. The molecule has 3 atom stereocenters. The SMILES string of the molecule is Cc1cc2c(o1)[C@H](C(=O)N1C(=O)OC[C@@H]1c1ccccc1)[C@@H](C)CC2. The molecule has 1 saturated heterocycles. The van der Waals surface area contributed by atoms with Gasteiger partial charge in [0.05, 0.1) is 5.92 Å². The van der Waals surface area contributed by atoms with Crippen LogP contribution >= 0.6 is 0 Å². The lowest BCUT2D eigenvalue weighted by atomic mass is 9.79. The third-order valence-corrected chi connectivity index (χ3v) is 5.25. The Kier molecular flexibility index (Phi) is 3.86. The number of benzene rings is 1. The third-order valence-electron chi connectivity index (χ3n) is 5.25. The number of carbonyl (C=O) groups is 2. The van der Waals surface area contributed by atoms with Gasteiger partial charge < -0.3 is 9.15 Å². The molecule has 4 rings (SSSR count). The molecule has 2 heterocycles. The van der Waals surface area contributed by atoms with E-state index in [0.29, 0.717) is 5.76 Å². The van der Waals surface area contributed by atoms with E-state index in [1.807, 2.05) is 50.2 Å². The van der Waals surface area contributed by atoms with Gasteiger partial charge in [-0.2, -0.15) is 0 Å².